The van der Waals surface area contributed by atoms with Crippen molar-refractivity contribution in [3.63, 3.8) is 0 Å². The number of aliphatic hydroxyl groups excluding tert-OH is 1. The van der Waals surface area contributed by atoms with Gasteiger partial charge in [0.2, 0.25) is 5.91 Å². The lowest BCUT2D eigenvalue weighted by atomic mass is 10.2. The van der Waals surface area contributed by atoms with Crippen LogP contribution < -0.4 is 0 Å². The Hall–Kier alpha value is -0.433. The third-order valence-corrected chi connectivity index (χ3v) is 8.28. The Kier molecular flexibility index (Phi) is 8.42. The molecule has 0 radical (unpaired) electrons. The van der Waals surface area contributed by atoms with Crippen molar-refractivity contribution < 1.29 is 19.2 Å². The van der Waals surface area contributed by atoms with Crippen molar-refractivity contribution >= 4 is 14.2 Å². The second-order valence-electron chi connectivity index (χ2n) is 4.44. The Morgan fingerprint density at radius 1 is 1.28 bits per heavy atom. The normalized spacial score (nSPS) is 13.4. The van der Waals surface area contributed by atoms with E-state index in [4.69, 9.17) is 9.26 Å². The van der Waals surface area contributed by atoms with E-state index in [0.29, 0.717) is 0 Å². The van der Waals surface area contributed by atoms with E-state index < -0.39 is 14.4 Å². The van der Waals surface area contributed by atoms with Gasteiger partial charge in [-0.15, -0.1) is 0 Å². The summed E-state index contributed by atoms with van der Waals surface area (Å²) in [5.74, 6) is -0.178. The van der Waals surface area contributed by atoms with E-state index in [1.54, 1.807) is 7.05 Å². The minimum Gasteiger partial charge on any atom is -0.411 e. The molecule has 6 heteroatoms. The van der Waals surface area contributed by atoms with Crippen LogP contribution in [0.4, 0.5) is 0 Å². The van der Waals surface area contributed by atoms with Gasteiger partial charge in [-0.25, -0.2) is 5.06 Å². The first-order valence-corrected chi connectivity index (χ1v) is 9.10. The van der Waals surface area contributed by atoms with Crippen molar-refractivity contribution in [1.82, 2.24) is 5.06 Å². The number of nitrogens with zero attached hydrogens (tertiary/aromatic N) is 1. The van der Waals surface area contributed by atoms with Crippen LogP contribution in [0.2, 0.25) is 18.1 Å². The van der Waals surface area contributed by atoms with Crippen molar-refractivity contribution in [3.8, 4) is 0 Å². The highest BCUT2D eigenvalue weighted by Gasteiger charge is 2.32. The molecule has 0 aliphatic carbocycles. The van der Waals surface area contributed by atoms with Crippen molar-refractivity contribution in [3.05, 3.63) is 0 Å². The number of amides is 1. The monoisotopic (exact) mass is 277 g/mol. The van der Waals surface area contributed by atoms with E-state index in [1.165, 1.54) is 12.2 Å². The van der Waals surface area contributed by atoms with Crippen LogP contribution in [-0.2, 0) is 14.1 Å². The molecular formula is C12H27NO4Si. The van der Waals surface area contributed by atoms with Crippen molar-refractivity contribution in [2.75, 3.05) is 20.8 Å². The topological polar surface area (TPSA) is 59.0 Å². The zero-order chi connectivity index (χ0) is 14.2. The van der Waals surface area contributed by atoms with Gasteiger partial charge in [0.1, 0.15) is 0 Å². The van der Waals surface area contributed by atoms with Gasteiger partial charge in [-0.3, -0.25) is 9.63 Å². The Labute approximate surface area is 111 Å². The van der Waals surface area contributed by atoms with Gasteiger partial charge in [-0.2, -0.15) is 0 Å². The van der Waals surface area contributed by atoms with Crippen molar-refractivity contribution in [1.29, 1.82) is 0 Å². The molecule has 0 saturated carbocycles. The van der Waals surface area contributed by atoms with E-state index >= 15 is 0 Å². The van der Waals surface area contributed by atoms with Gasteiger partial charge in [0.25, 0.3) is 0 Å². The van der Waals surface area contributed by atoms with Gasteiger partial charge in [-0.05, 0) is 18.1 Å². The Morgan fingerprint density at radius 2 is 1.78 bits per heavy atom. The summed E-state index contributed by atoms with van der Waals surface area (Å²) in [5.41, 5.74) is 0. The maximum absolute atomic E-state index is 11.7. The quantitative estimate of drug-likeness (QED) is 0.515. The van der Waals surface area contributed by atoms with Crippen LogP contribution in [0, 0.1) is 0 Å². The average molecular weight is 277 g/mol. The standard InChI is InChI=1S/C12H27NO4Si/c1-6-18(7-2,8-3)17-11(10-14)9-12(15)13(4)16-5/h11,14H,6-10H2,1-5H3/t11-/m1/s1. The molecule has 0 aliphatic heterocycles. The van der Waals surface area contributed by atoms with E-state index in [1.807, 2.05) is 0 Å². The molecule has 0 bridgehead atoms. The van der Waals surface area contributed by atoms with Crippen LogP contribution in [0.1, 0.15) is 27.2 Å². The van der Waals surface area contributed by atoms with Gasteiger partial charge < -0.3 is 9.53 Å². The second-order valence-corrected chi connectivity index (χ2v) is 9.17. The fraction of sp³-hybridized carbons (Fsp3) is 0.917. The summed E-state index contributed by atoms with van der Waals surface area (Å²) in [6.45, 7) is 6.24. The van der Waals surface area contributed by atoms with Gasteiger partial charge in [0.15, 0.2) is 8.32 Å². The van der Waals surface area contributed by atoms with E-state index in [9.17, 15) is 9.90 Å². The SMILES string of the molecule is CC[Si](CC)(CC)O[C@@H](CO)CC(=O)N(C)OC. The zero-order valence-electron chi connectivity index (χ0n) is 12.2. The zero-order valence-corrected chi connectivity index (χ0v) is 13.2. The molecule has 1 N–H and O–H groups in total. The lowest BCUT2D eigenvalue weighted by Crippen LogP contribution is -2.43. The van der Waals surface area contributed by atoms with Crippen molar-refractivity contribution in [2.45, 2.75) is 51.4 Å². The average Bonchev–Trinajstić information content (AvgIpc) is 2.42. The number of carbonyl (C=O) groups is 1. The van der Waals surface area contributed by atoms with Crippen LogP contribution in [0.15, 0.2) is 0 Å². The Balaban J connectivity index is 4.55. The van der Waals surface area contributed by atoms with Gasteiger partial charge in [-0.1, -0.05) is 20.8 Å². The summed E-state index contributed by atoms with van der Waals surface area (Å²) in [7, 11) is 1.21. The fourth-order valence-corrected chi connectivity index (χ4v) is 4.79. The number of hydroxylamine groups is 2. The minimum absolute atomic E-state index is 0.127. The molecular weight excluding hydrogens is 250 g/mol. The maximum Gasteiger partial charge on any atom is 0.248 e. The van der Waals surface area contributed by atoms with Gasteiger partial charge >= 0.3 is 0 Å². The highest BCUT2D eigenvalue weighted by atomic mass is 28.4. The Bertz CT molecular complexity index is 238. The molecule has 1 amide bonds. The van der Waals surface area contributed by atoms with Gasteiger partial charge in [0, 0.05) is 7.05 Å². The highest BCUT2D eigenvalue weighted by molar-refractivity contribution is 6.73. The maximum atomic E-state index is 11.7. The molecule has 0 unspecified atom stereocenters. The minimum atomic E-state index is -1.78. The number of hydrogen-bond donors (Lipinski definition) is 1. The van der Waals surface area contributed by atoms with Crippen LogP contribution in [0.25, 0.3) is 0 Å². The smallest absolute Gasteiger partial charge is 0.248 e. The lowest BCUT2D eigenvalue weighted by molar-refractivity contribution is -0.170. The lowest BCUT2D eigenvalue weighted by Gasteiger charge is -2.32. The summed E-state index contributed by atoms with van der Waals surface area (Å²) in [6.07, 6.45) is -0.253. The fourth-order valence-electron chi connectivity index (χ4n) is 1.92. The summed E-state index contributed by atoms with van der Waals surface area (Å²) in [4.78, 5) is 16.5. The molecule has 0 aromatic heterocycles. The molecule has 0 aromatic rings. The summed E-state index contributed by atoms with van der Waals surface area (Å²) in [5, 5.41) is 10.5. The first-order chi connectivity index (χ1) is 8.48. The third-order valence-electron chi connectivity index (χ3n) is 3.58. The van der Waals surface area contributed by atoms with Crippen LogP contribution in [0.3, 0.4) is 0 Å². The van der Waals surface area contributed by atoms with Gasteiger partial charge in [0.05, 0.1) is 26.2 Å². The predicted molar refractivity (Wildman–Crippen MR) is 73.6 cm³/mol. The molecule has 108 valence electrons. The second kappa shape index (κ2) is 8.63. The number of aliphatic hydroxyl groups is 1. The van der Waals surface area contributed by atoms with E-state index in [-0.39, 0.29) is 18.9 Å². The predicted octanol–water partition coefficient (Wildman–Crippen LogP) is 1.78. The molecule has 5 nitrogen and oxygen atoms in total. The summed E-state index contributed by atoms with van der Waals surface area (Å²) < 4.78 is 6.09. The summed E-state index contributed by atoms with van der Waals surface area (Å²) >= 11 is 0. The first kappa shape index (κ1) is 17.6. The molecule has 0 fully saturated rings. The molecule has 0 saturated heterocycles. The third kappa shape index (κ3) is 5.05. The molecule has 0 aromatic carbocycles. The van der Waals surface area contributed by atoms with Crippen LogP contribution >= 0.6 is 0 Å². The number of rotatable bonds is 9. The van der Waals surface area contributed by atoms with E-state index in [0.717, 1.165) is 18.1 Å². The van der Waals surface area contributed by atoms with Crippen LogP contribution in [-0.4, -0.2) is 51.3 Å². The number of hydrogen-bond acceptors (Lipinski definition) is 4. The number of carbonyl (C=O) groups excluding carboxylic acids is 1. The Morgan fingerprint density at radius 3 is 2.11 bits per heavy atom. The van der Waals surface area contributed by atoms with E-state index in [2.05, 4.69) is 20.8 Å². The molecule has 0 aliphatic rings. The molecule has 1 atom stereocenters. The van der Waals surface area contributed by atoms with Crippen LogP contribution in [0.5, 0.6) is 0 Å². The molecule has 18 heavy (non-hydrogen) atoms. The molecule has 0 rings (SSSR count). The van der Waals surface area contributed by atoms with Crippen molar-refractivity contribution in [2.24, 2.45) is 0 Å². The molecule has 0 spiro atoms. The summed E-state index contributed by atoms with van der Waals surface area (Å²) in [6, 6.07) is 3.01. The first-order valence-electron chi connectivity index (χ1n) is 6.57. The largest absolute Gasteiger partial charge is 0.411 e. The highest BCUT2D eigenvalue weighted by Crippen LogP contribution is 2.24. The molecule has 0 heterocycles.